The van der Waals surface area contributed by atoms with Gasteiger partial charge in [-0.25, -0.2) is 0 Å². The molecule has 0 spiro atoms. The van der Waals surface area contributed by atoms with Gasteiger partial charge in [-0.1, -0.05) is 32.1 Å². The molecule has 0 bridgehead atoms. The summed E-state index contributed by atoms with van der Waals surface area (Å²) in [4.78, 5) is 17.4. The summed E-state index contributed by atoms with van der Waals surface area (Å²) in [5.74, 6) is 0.821. The monoisotopic (exact) mass is 336 g/mol. The van der Waals surface area contributed by atoms with Crippen molar-refractivity contribution < 1.29 is 9.90 Å². The molecule has 3 rings (SSSR count). The third kappa shape index (κ3) is 5.19. The van der Waals surface area contributed by atoms with Gasteiger partial charge >= 0.3 is 0 Å². The third-order valence-corrected chi connectivity index (χ3v) is 6.35. The van der Waals surface area contributed by atoms with Gasteiger partial charge in [-0.3, -0.25) is 4.79 Å². The number of nitrogens with zero attached hydrogens (tertiary/aromatic N) is 2. The summed E-state index contributed by atoms with van der Waals surface area (Å²) in [6.07, 6.45) is 13.1. The van der Waals surface area contributed by atoms with Crippen LogP contribution in [0.15, 0.2) is 0 Å². The van der Waals surface area contributed by atoms with Crippen LogP contribution in [0, 0.1) is 5.92 Å². The van der Waals surface area contributed by atoms with Crippen molar-refractivity contribution in [1.82, 2.24) is 9.80 Å². The Morgan fingerprint density at radius 1 is 0.917 bits per heavy atom. The van der Waals surface area contributed by atoms with Crippen LogP contribution in [0.2, 0.25) is 0 Å². The van der Waals surface area contributed by atoms with Gasteiger partial charge in [-0.2, -0.15) is 0 Å². The molecule has 0 aromatic rings. The van der Waals surface area contributed by atoms with E-state index >= 15 is 0 Å². The molecule has 4 heteroatoms. The Bertz CT molecular complexity index is 398. The van der Waals surface area contributed by atoms with E-state index in [2.05, 4.69) is 9.80 Å². The van der Waals surface area contributed by atoms with Crippen molar-refractivity contribution in [1.29, 1.82) is 0 Å². The highest BCUT2D eigenvalue weighted by atomic mass is 16.3. The molecule has 138 valence electrons. The lowest BCUT2D eigenvalue weighted by atomic mass is 9.82. The van der Waals surface area contributed by atoms with Crippen molar-refractivity contribution in [3.63, 3.8) is 0 Å². The summed E-state index contributed by atoms with van der Waals surface area (Å²) < 4.78 is 0. The molecule has 2 aliphatic heterocycles. The minimum Gasteiger partial charge on any atom is -0.389 e. The van der Waals surface area contributed by atoms with E-state index in [1.807, 2.05) is 0 Å². The number of amides is 1. The van der Waals surface area contributed by atoms with Crippen LogP contribution in [-0.2, 0) is 4.79 Å². The lowest BCUT2D eigenvalue weighted by Crippen LogP contribution is -2.46. The zero-order valence-corrected chi connectivity index (χ0v) is 15.3. The minimum atomic E-state index is -0.715. The Balaban J connectivity index is 1.48. The molecule has 0 aromatic carbocycles. The van der Waals surface area contributed by atoms with Crippen LogP contribution in [0.5, 0.6) is 0 Å². The molecule has 4 nitrogen and oxygen atoms in total. The van der Waals surface area contributed by atoms with Gasteiger partial charge in [-0.15, -0.1) is 0 Å². The number of rotatable bonds is 4. The fourth-order valence-electron chi connectivity index (χ4n) is 4.90. The summed E-state index contributed by atoms with van der Waals surface area (Å²) in [7, 11) is 0. The summed E-state index contributed by atoms with van der Waals surface area (Å²) in [5, 5.41) is 10.7. The molecule has 1 saturated carbocycles. The zero-order chi connectivity index (χ0) is 16.8. The molecule has 1 aliphatic carbocycles. The van der Waals surface area contributed by atoms with Crippen molar-refractivity contribution >= 4 is 5.91 Å². The zero-order valence-electron chi connectivity index (χ0n) is 15.3. The molecule has 24 heavy (non-hydrogen) atoms. The van der Waals surface area contributed by atoms with Crippen molar-refractivity contribution in [2.75, 3.05) is 32.7 Å². The SMILES string of the molecule is O=C(CC1(O)CCCCC1)N1CCCC(CN2CCCCCC2)C1. The Labute approximate surface area is 147 Å². The largest absolute Gasteiger partial charge is 0.389 e. The summed E-state index contributed by atoms with van der Waals surface area (Å²) in [6.45, 7) is 5.44. The van der Waals surface area contributed by atoms with Crippen molar-refractivity contribution in [3.8, 4) is 0 Å². The lowest BCUT2D eigenvalue weighted by Gasteiger charge is -2.38. The van der Waals surface area contributed by atoms with Crippen molar-refractivity contribution in [2.24, 2.45) is 5.92 Å². The van der Waals surface area contributed by atoms with Crippen LogP contribution in [0.4, 0.5) is 0 Å². The van der Waals surface area contributed by atoms with Gasteiger partial charge in [0, 0.05) is 19.6 Å². The van der Waals surface area contributed by atoms with E-state index in [0.29, 0.717) is 12.3 Å². The highest BCUT2D eigenvalue weighted by Gasteiger charge is 2.34. The number of carbonyl (C=O) groups is 1. The van der Waals surface area contributed by atoms with Crippen LogP contribution >= 0.6 is 0 Å². The Kier molecular flexibility index (Phi) is 6.56. The number of aliphatic hydroxyl groups is 1. The van der Waals surface area contributed by atoms with Crippen molar-refractivity contribution in [2.45, 2.75) is 82.7 Å². The maximum Gasteiger partial charge on any atom is 0.225 e. The van der Waals surface area contributed by atoms with Crippen LogP contribution < -0.4 is 0 Å². The van der Waals surface area contributed by atoms with Crippen molar-refractivity contribution in [3.05, 3.63) is 0 Å². The standard InChI is InChI=1S/C20H36N2O2/c23-19(15-20(24)10-4-3-5-11-20)22-14-8-9-18(17-22)16-21-12-6-1-2-7-13-21/h18,24H,1-17H2. The summed E-state index contributed by atoms with van der Waals surface area (Å²) in [6, 6.07) is 0. The Morgan fingerprint density at radius 2 is 1.58 bits per heavy atom. The predicted molar refractivity (Wildman–Crippen MR) is 96.9 cm³/mol. The highest BCUT2D eigenvalue weighted by Crippen LogP contribution is 2.32. The highest BCUT2D eigenvalue weighted by molar-refractivity contribution is 5.77. The van der Waals surface area contributed by atoms with Crippen LogP contribution in [0.1, 0.15) is 77.0 Å². The van der Waals surface area contributed by atoms with Gasteiger partial charge in [0.2, 0.25) is 5.91 Å². The fourth-order valence-corrected chi connectivity index (χ4v) is 4.90. The molecule has 0 aromatic heterocycles. The fraction of sp³-hybridized carbons (Fsp3) is 0.950. The van der Waals surface area contributed by atoms with Crippen LogP contribution in [0.3, 0.4) is 0 Å². The van der Waals surface area contributed by atoms with Crippen LogP contribution in [-0.4, -0.2) is 59.1 Å². The molecule has 0 radical (unpaired) electrons. The second-order valence-electron chi connectivity index (χ2n) is 8.52. The first-order valence-corrected chi connectivity index (χ1v) is 10.4. The molecular weight excluding hydrogens is 300 g/mol. The lowest BCUT2D eigenvalue weighted by molar-refractivity contribution is -0.139. The Morgan fingerprint density at radius 3 is 2.29 bits per heavy atom. The second-order valence-corrected chi connectivity index (χ2v) is 8.52. The first-order chi connectivity index (χ1) is 11.6. The molecule has 1 amide bonds. The molecule has 3 fully saturated rings. The van der Waals surface area contributed by atoms with E-state index in [0.717, 1.165) is 51.7 Å². The first kappa shape index (κ1) is 18.2. The molecule has 2 saturated heterocycles. The number of carbonyl (C=O) groups excluding carboxylic acids is 1. The van der Waals surface area contributed by atoms with E-state index in [1.165, 1.54) is 51.6 Å². The van der Waals surface area contributed by atoms with Crippen LogP contribution in [0.25, 0.3) is 0 Å². The van der Waals surface area contributed by atoms with E-state index in [9.17, 15) is 9.90 Å². The molecular formula is C20H36N2O2. The maximum atomic E-state index is 12.7. The quantitative estimate of drug-likeness (QED) is 0.857. The van der Waals surface area contributed by atoms with Gasteiger partial charge in [0.25, 0.3) is 0 Å². The van der Waals surface area contributed by atoms with Gasteiger partial charge in [0.1, 0.15) is 0 Å². The third-order valence-electron chi connectivity index (χ3n) is 6.35. The molecule has 2 heterocycles. The van der Waals surface area contributed by atoms with E-state index in [-0.39, 0.29) is 5.91 Å². The second kappa shape index (κ2) is 8.66. The smallest absolute Gasteiger partial charge is 0.225 e. The number of hydrogen-bond donors (Lipinski definition) is 1. The van der Waals surface area contributed by atoms with E-state index < -0.39 is 5.60 Å². The topological polar surface area (TPSA) is 43.8 Å². The van der Waals surface area contributed by atoms with E-state index in [4.69, 9.17) is 0 Å². The minimum absolute atomic E-state index is 0.194. The van der Waals surface area contributed by atoms with E-state index in [1.54, 1.807) is 0 Å². The van der Waals surface area contributed by atoms with Gasteiger partial charge < -0.3 is 14.9 Å². The van der Waals surface area contributed by atoms with Gasteiger partial charge in [0.05, 0.1) is 12.0 Å². The normalized spacial score (nSPS) is 29.2. The molecule has 1 N–H and O–H groups in total. The molecule has 1 unspecified atom stereocenters. The average Bonchev–Trinajstić information content (AvgIpc) is 2.84. The Hall–Kier alpha value is -0.610. The number of likely N-dealkylation sites (tertiary alicyclic amines) is 2. The number of piperidine rings is 1. The van der Waals surface area contributed by atoms with Gasteiger partial charge in [0.15, 0.2) is 0 Å². The molecule has 1 atom stereocenters. The molecule has 3 aliphatic rings. The average molecular weight is 337 g/mol. The number of hydrogen-bond acceptors (Lipinski definition) is 3. The summed E-state index contributed by atoms with van der Waals surface area (Å²) in [5.41, 5.74) is -0.715. The first-order valence-electron chi connectivity index (χ1n) is 10.4. The maximum absolute atomic E-state index is 12.7. The predicted octanol–water partition coefficient (Wildman–Crippen LogP) is 3.19. The summed E-state index contributed by atoms with van der Waals surface area (Å²) >= 11 is 0. The van der Waals surface area contributed by atoms with Gasteiger partial charge in [-0.05, 0) is 57.5 Å².